The number of hydrogen-bond donors (Lipinski definition) is 5. The van der Waals surface area contributed by atoms with Crippen molar-refractivity contribution in [3.63, 3.8) is 0 Å². The third-order valence-electron chi connectivity index (χ3n) is 6.21. The van der Waals surface area contributed by atoms with Gasteiger partial charge in [-0.3, -0.25) is 4.79 Å². The molecule has 0 fully saturated rings. The number of rotatable bonds is 11. The van der Waals surface area contributed by atoms with Crippen molar-refractivity contribution in [2.45, 2.75) is 64.3 Å². The van der Waals surface area contributed by atoms with Crippen molar-refractivity contribution < 1.29 is 20.1 Å². The van der Waals surface area contributed by atoms with Gasteiger partial charge in [0.25, 0.3) is 5.91 Å². The van der Waals surface area contributed by atoms with Gasteiger partial charge in [-0.1, -0.05) is 48.5 Å². The predicted octanol–water partition coefficient (Wildman–Crippen LogP) is 4.28. The summed E-state index contributed by atoms with van der Waals surface area (Å²) in [5.74, 6) is -0.0971. The van der Waals surface area contributed by atoms with E-state index in [2.05, 4.69) is 22.8 Å². The molecule has 1 amide bonds. The summed E-state index contributed by atoms with van der Waals surface area (Å²) in [6.45, 7) is 8.15. The minimum Gasteiger partial charge on any atom is -0.508 e. The van der Waals surface area contributed by atoms with Crippen molar-refractivity contribution >= 4 is 5.91 Å². The summed E-state index contributed by atoms with van der Waals surface area (Å²) < 4.78 is 0. The molecule has 0 saturated heterocycles. The van der Waals surface area contributed by atoms with Crippen LogP contribution >= 0.6 is 0 Å². The average molecular weight is 491 g/mol. The van der Waals surface area contributed by atoms with Crippen LogP contribution in [0, 0.1) is 0 Å². The third kappa shape index (κ3) is 7.92. The Balaban J connectivity index is 1.60. The van der Waals surface area contributed by atoms with E-state index in [1.165, 1.54) is 11.6 Å². The average Bonchev–Trinajstić information content (AvgIpc) is 2.83. The Morgan fingerprint density at radius 1 is 0.861 bits per heavy atom. The molecule has 0 saturated carbocycles. The first-order valence-electron chi connectivity index (χ1n) is 12.3. The molecule has 0 heterocycles. The number of nitrogens with one attached hydrogen (secondary N) is 2. The molecule has 0 spiro atoms. The number of aliphatic hydroxyl groups excluding tert-OH is 2. The maximum Gasteiger partial charge on any atom is 0.251 e. The van der Waals surface area contributed by atoms with Crippen LogP contribution in [-0.2, 0) is 19.4 Å². The monoisotopic (exact) mass is 490 g/mol. The topological polar surface area (TPSA) is 102 Å². The highest BCUT2D eigenvalue weighted by atomic mass is 16.3. The number of phenols is 1. The van der Waals surface area contributed by atoms with E-state index in [9.17, 15) is 20.1 Å². The molecule has 6 nitrogen and oxygen atoms in total. The number of aliphatic hydroxyl groups is 2. The van der Waals surface area contributed by atoms with Gasteiger partial charge in [0.15, 0.2) is 0 Å². The molecule has 0 bridgehead atoms. The van der Waals surface area contributed by atoms with Crippen LogP contribution in [0.25, 0.3) is 0 Å². The lowest BCUT2D eigenvalue weighted by Gasteiger charge is -2.29. The molecular weight excluding hydrogens is 452 g/mol. The fourth-order valence-corrected chi connectivity index (χ4v) is 4.36. The standard InChI is InChI=1S/C30H38N2O4/c1-29(2,31-19-27(35)23-13-14-26(34)25(16-23)20-33)18-22-11-8-12-24(15-22)28(36)32-30(3,4)17-21-9-6-5-7-10-21/h5-16,27,31,33-35H,17-20H2,1-4H3,(H,32,36)/t27-/m0/s1. The zero-order valence-corrected chi connectivity index (χ0v) is 21.6. The highest BCUT2D eigenvalue weighted by molar-refractivity contribution is 5.94. The van der Waals surface area contributed by atoms with E-state index >= 15 is 0 Å². The highest BCUT2D eigenvalue weighted by Crippen LogP contribution is 2.23. The van der Waals surface area contributed by atoms with Crippen molar-refractivity contribution in [3.8, 4) is 5.75 Å². The fraction of sp³-hybridized carbons (Fsp3) is 0.367. The van der Waals surface area contributed by atoms with E-state index in [1.54, 1.807) is 12.1 Å². The molecule has 0 aliphatic rings. The van der Waals surface area contributed by atoms with E-state index in [4.69, 9.17) is 0 Å². The number of carbonyl (C=O) groups excluding carboxylic acids is 1. The van der Waals surface area contributed by atoms with Gasteiger partial charge >= 0.3 is 0 Å². The van der Waals surface area contributed by atoms with Gasteiger partial charge in [0.1, 0.15) is 5.75 Å². The number of β-amino-alcohol motifs (C(OH)–C–C–N with tert-alkyl or cyclic N) is 1. The zero-order valence-electron chi connectivity index (χ0n) is 21.6. The van der Waals surface area contributed by atoms with Gasteiger partial charge in [-0.25, -0.2) is 0 Å². The molecule has 0 aliphatic carbocycles. The second-order valence-corrected chi connectivity index (χ2v) is 10.7. The summed E-state index contributed by atoms with van der Waals surface area (Å²) in [4.78, 5) is 13.0. The van der Waals surface area contributed by atoms with Gasteiger partial charge in [-0.2, -0.15) is 0 Å². The molecule has 3 aromatic carbocycles. The molecular formula is C30H38N2O4. The SMILES string of the molecule is CC(C)(Cc1cccc(C(=O)NC(C)(C)Cc2ccccc2)c1)NC[C@H](O)c1ccc(O)c(CO)c1. The van der Waals surface area contributed by atoms with Crippen LogP contribution in [0.5, 0.6) is 5.75 Å². The van der Waals surface area contributed by atoms with Crippen molar-refractivity contribution in [3.05, 3.63) is 101 Å². The van der Waals surface area contributed by atoms with Crippen molar-refractivity contribution in [2.75, 3.05) is 6.54 Å². The summed E-state index contributed by atoms with van der Waals surface area (Å²) in [6, 6.07) is 22.5. The van der Waals surface area contributed by atoms with Crippen LogP contribution in [-0.4, -0.2) is 38.8 Å². The first kappa shape index (κ1) is 27.4. The van der Waals surface area contributed by atoms with E-state index in [1.807, 2.05) is 70.2 Å². The second-order valence-electron chi connectivity index (χ2n) is 10.7. The Kier molecular flexibility index (Phi) is 8.90. The molecule has 36 heavy (non-hydrogen) atoms. The maximum absolute atomic E-state index is 13.0. The molecule has 5 N–H and O–H groups in total. The van der Waals surface area contributed by atoms with Gasteiger partial charge in [0, 0.05) is 28.7 Å². The van der Waals surface area contributed by atoms with Crippen molar-refractivity contribution in [2.24, 2.45) is 0 Å². The van der Waals surface area contributed by atoms with Crippen LogP contribution in [0.4, 0.5) is 0 Å². The van der Waals surface area contributed by atoms with Gasteiger partial charge in [-0.05, 0) is 81.5 Å². The minimum absolute atomic E-state index is 0.00844. The largest absolute Gasteiger partial charge is 0.508 e. The summed E-state index contributed by atoms with van der Waals surface area (Å²) >= 11 is 0. The lowest BCUT2D eigenvalue weighted by atomic mass is 9.92. The quantitative estimate of drug-likeness (QED) is 0.276. The summed E-state index contributed by atoms with van der Waals surface area (Å²) in [7, 11) is 0. The second kappa shape index (κ2) is 11.7. The van der Waals surface area contributed by atoms with E-state index < -0.39 is 11.6 Å². The lowest BCUT2D eigenvalue weighted by Crippen LogP contribution is -2.45. The zero-order chi connectivity index (χ0) is 26.3. The third-order valence-corrected chi connectivity index (χ3v) is 6.21. The van der Waals surface area contributed by atoms with Crippen LogP contribution in [0.2, 0.25) is 0 Å². The molecule has 0 radical (unpaired) electrons. The first-order chi connectivity index (χ1) is 17.0. The minimum atomic E-state index is -0.792. The van der Waals surface area contributed by atoms with Gasteiger partial charge in [0.2, 0.25) is 0 Å². The summed E-state index contributed by atoms with van der Waals surface area (Å²) in [6.07, 6.45) is 0.601. The summed E-state index contributed by atoms with van der Waals surface area (Å²) in [5, 5.41) is 36.3. The molecule has 6 heteroatoms. The van der Waals surface area contributed by atoms with Crippen LogP contribution < -0.4 is 10.6 Å². The molecule has 3 aromatic rings. The number of benzene rings is 3. The van der Waals surface area contributed by atoms with Gasteiger partial charge in [-0.15, -0.1) is 0 Å². The fourth-order valence-electron chi connectivity index (χ4n) is 4.36. The molecule has 3 rings (SSSR count). The smallest absolute Gasteiger partial charge is 0.251 e. The van der Waals surface area contributed by atoms with Crippen LogP contribution in [0.1, 0.15) is 66.4 Å². The summed E-state index contributed by atoms with van der Waals surface area (Å²) in [5.41, 5.74) is 3.07. The Morgan fingerprint density at radius 3 is 2.22 bits per heavy atom. The van der Waals surface area contributed by atoms with Gasteiger partial charge < -0.3 is 26.0 Å². The number of carbonyl (C=O) groups is 1. The molecule has 1 atom stereocenters. The highest BCUT2D eigenvalue weighted by Gasteiger charge is 2.23. The Morgan fingerprint density at radius 2 is 1.53 bits per heavy atom. The van der Waals surface area contributed by atoms with Gasteiger partial charge in [0.05, 0.1) is 12.7 Å². The van der Waals surface area contributed by atoms with Crippen LogP contribution in [0.15, 0.2) is 72.8 Å². The van der Waals surface area contributed by atoms with E-state index in [-0.39, 0.29) is 23.8 Å². The van der Waals surface area contributed by atoms with E-state index in [0.717, 1.165) is 12.0 Å². The van der Waals surface area contributed by atoms with Crippen molar-refractivity contribution in [1.29, 1.82) is 0 Å². The Hall–Kier alpha value is -3.19. The molecule has 0 unspecified atom stereocenters. The van der Waals surface area contributed by atoms with Crippen molar-refractivity contribution in [1.82, 2.24) is 10.6 Å². The molecule has 0 aromatic heterocycles. The molecule has 192 valence electrons. The normalized spacial score (nSPS) is 12.8. The number of amides is 1. The molecule has 0 aliphatic heterocycles. The van der Waals surface area contributed by atoms with Crippen LogP contribution in [0.3, 0.4) is 0 Å². The Bertz CT molecular complexity index is 1160. The number of hydrogen-bond acceptors (Lipinski definition) is 5. The number of aromatic hydroxyl groups is 1. The maximum atomic E-state index is 13.0. The Labute approximate surface area is 214 Å². The van der Waals surface area contributed by atoms with E-state index in [0.29, 0.717) is 29.7 Å². The first-order valence-corrected chi connectivity index (χ1v) is 12.3. The predicted molar refractivity (Wildman–Crippen MR) is 143 cm³/mol. The lowest BCUT2D eigenvalue weighted by molar-refractivity contribution is 0.0913.